The molecule has 2 rings (SSSR count). The summed E-state index contributed by atoms with van der Waals surface area (Å²) < 4.78 is 0. The SMILES string of the molecule is Cc1cc(O)c2c(c1)[C@H]([C@@H](C)CCC(N=[N+]=[N-])C(C)(C)O)CC[C@H]2C. The molecule has 5 heteroatoms. The average Bonchev–Trinajstić information content (AvgIpc) is 2.49. The summed E-state index contributed by atoms with van der Waals surface area (Å²) in [4.78, 5) is 2.89. The topological polar surface area (TPSA) is 89.2 Å². The second-order valence-electron chi connectivity index (χ2n) is 8.30. The van der Waals surface area contributed by atoms with Crippen LogP contribution in [0.5, 0.6) is 5.75 Å². The molecule has 0 amide bonds. The molecule has 0 spiro atoms. The average molecular weight is 345 g/mol. The Morgan fingerprint density at radius 1 is 1.32 bits per heavy atom. The molecule has 0 aromatic heterocycles. The van der Waals surface area contributed by atoms with Crippen LogP contribution in [0, 0.1) is 12.8 Å². The van der Waals surface area contributed by atoms with Gasteiger partial charge in [0.1, 0.15) is 5.75 Å². The van der Waals surface area contributed by atoms with E-state index in [2.05, 4.69) is 29.9 Å². The third-order valence-electron chi connectivity index (χ3n) is 5.73. The second-order valence-corrected chi connectivity index (χ2v) is 8.30. The van der Waals surface area contributed by atoms with Gasteiger partial charge in [0.2, 0.25) is 0 Å². The van der Waals surface area contributed by atoms with Gasteiger partial charge in [0, 0.05) is 10.5 Å². The number of fused-ring (bicyclic) bond motifs is 1. The maximum Gasteiger partial charge on any atom is 0.119 e. The Morgan fingerprint density at radius 2 is 2.00 bits per heavy atom. The Kier molecular flexibility index (Phi) is 6.02. The summed E-state index contributed by atoms with van der Waals surface area (Å²) in [5.74, 6) is 1.59. The number of hydrogen-bond donors (Lipinski definition) is 2. The summed E-state index contributed by atoms with van der Waals surface area (Å²) >= 11 is 0. The molecule has 0 heterocycles. The number of phenols is 1. The number of aliphatic hydroxyl groups is 1. The van der Waals surface area contributed by atoms with Gasteiger partial charge < -0.3 is 10.2 Å². The zero-order chi connectivity index (χ0) is 18.8. The Bertz CT molecular complexity index is 660. The van der Waals surface area contributed by atoms with Crippen LogP contribution in [0.1, 0.15) is 81.9 Å². The second kappa shape index (κ2) is 7.67. The fraction of sp³-hybridized carbons (Fsp3) is 0.700. The summed E-state index contributed by atoms with van der Waals surface area (Å²) in [5.41, 5.74) is 11.2. The highest BCUT2D eigenvalue weighted by Crippen LogP contribution is 2.47. The van der Waals surface area contributed by atoms with E-state index in [-0.39, 0.29) is 0 Å². The molecule has 25 heavy (non-hydrogen) atoms. The van der Waals surface area contributed by atoms with E-state index in [4.69, 9.17) is 5.53 Å². The molecular weight excluding hydrogens is 314 g/mol. The molecule has 0 aliphatic heterocycles. The van der Waals surface area contributed by atoms with Crippen molar-refractivity contribution in [3.05, 3.63) is 39.3 Å². The molecular formula is C20H31N3O2. The molecule has 0 bridgehead atoms. The Morgan fingerprint density at radius 3 is 2.60 bits per heavy atom. The lowest BCUT2D eigenvalue weighted by Gasteiger charge is -2.35. The number of aryl methyl sites for hydroxylation is 1. The minimum atomic E-state index is -1.01. The molecule has 4 atom stereocenters. The van der Waals surface area contributed by atoms with Crippen molar-refractivity contribution < 1.29 is 10.2 Å². The van der Waals surface area contributed by atoms with E-state index in [9.17, 15) is 10.2 Å². The molecule has 1 aromatic carbocycles. The number of phenolic OH excluding ortho intramolecular Hbond substituents is 1. The number of benzene rings is 1. The third kappa shape index (κ3) is 4.47. The predicted molar refractivity (Wildman–Crippen MR) is 101 cm³/mol. The lowest BCUT2D eigenvalue weighted by molar-refractivity contribution is 0.0467. The quantitative estimate of drug-likeness (QED) is 0.402. The van der Waals surface area contributed by atoms with E-state index in [1.165, 1.54) is 5.56 Å². The smallest absolute Gasteiger partial charge is 0.119 e. The normalized spacial score (nSPS) is 22.6. The largest absolute Gasteiger partial charge is 0.508 e. The van der Waals surface area contributed by atoms with Gasteiger partial charge in [-0.3, -0.25) is 0 Å². The molecule has 1 aliphatic carbocycles. The van der Waals surface area contributed by atoms with Crippen LogP contribution in [0.4, 0.5) is 0 Å². The summed E-state index contributed by atoms with van der Waals surface area (Å²) in [5, 5.41) is 24.4. The molecule has 0 fully saturated rings. The standard InChI is InChI=1S/C20H31N3O2/c1-12-10-16-15(8-6-14(3)19(16)17(24)11-12)13(2)7-9-18(22-23-21)20(4,5)25/h10-11,13-15,18,24-25H,6-9H2,1-5H3/t13-,14+,15-,18?/m0/s1. The minimum absolute atomic E-state index is 0.381. The minimum Gasteiger partial charge on any atom is -0.508 e. The summed E-state index contributed by atoms with van der Waals surface area (Å²) in [6.07, 6.45) is 3.71. The summed E-state index contributed by atoms with van der Waals surface area (Å²) in [6.45, 7) is 9.81. The van der Waals surface area contributed by atoms with Crippen molar-refractivity contribution in [3.63, 3.8) is 0 Å². The molecule has 1 unspecified atom stereocenters. The Balaban J connectivity index is 2.20. The predicted octanol–water partition coefficient (Wildman–Crippen LogP) is 5.55. The lowest BCUT2D eigenvalue weighted by Crippen LogP contribution is -2.34. The number of azide groups is 1. The molecule has 0 saturated carbocycles. The first kappa shape index (κ1) is 19.6. The monoisotopic (exact) mass is 345 g/mol. The van der Waals surface area contributed by atoms with E-state index in [0.29, 0.717) is 29.9 Å². The van der Waals surface area contributed by atoms with E-state index in [1.807, 2.05) is 13.0 Å². The van der Waals surface area contributed by atoms with Crippen LogP contribution >= 0.6 is 0 Å². The van der Waals surface area contributed by atoms with Crippen LogP contribution in [0.15, 0.2) is 17.2 Å². The fourth-order valence-corrected chi connectivity index (χ4v) is 4.21. The Labute approximate surface area is 150 Å². The molecule has 1 aromatic rings. The zero-order valence-corrected chi connectivity index (χ0v) is 16.0. The first-order valence-corrected chi connectivity index (χ1v) is 9.25. The van der Waals surface area contributed by atoms with Crippen LogP contribution in [-0.2, 0) is 0 Å². The van der Waals surface area contributed by atoms with Gasteiger partial charge in [-0.25, -0.2) is 0 Å². The van der Waals surface area contributed by atoms with Crippen molar-refractivity contribution in [3.8, 4) is 5.75 Å². The van der Waals surface area contributed by atoms with Crippen molar-refractivity contribution in [1.82, 2.24) is 0 Å². The zero-order valence-electron chi connectivity index (χ0n) is 16.0. The molecule has 138 valence electrons. The number of hydrogen-bond acceptors (Lipinski definition) is 3. The maximum absolute atomic E-state index is 10.4. The lowest BCUT2D eigenvalue weighted by atomic mass is 9.70. The van der Waals surface area contributed by atoms with Crippen molar-refractivity contribution in [2.75, 3.05) is 0 Å². The van der Waals surface area contributed by atoms with Gasteiger partial charge in [-0.15, -0.1) is 0 Å². The van der Waals surface area contributed by atoms with E-state index < -0.39 is 11.6 Å². The number of nitrogens with zero attached hydrogens (tertiary/aromatic N) is 3. The Hall–Kier alpha value is -1.71. The number of rotatable bonds is 6. The van der Waals surface area contributed by atoms with Gasteiger partial charge in [-0.1, -0.05) is 25.0 Å². The maximum atomic E-state index is 10.4. The molecule has 0 radical (unpaired) electrons. The molecule has 5 nitrogen and oxygen atoms in total. The van der Waals surface area contributed by atoms with Gasteiger partial charge in [0.25, 0.3) is 0 Å². The van der Waals surface area contributed by atoms with Gasteiger partial charge in [0.05, 0.1) is 11.6 Å². The van der Waals surface area contributed by atoms with Crippen molar-refractivity contribution in [2.24, 2.45) is 11.0 Å². The van der Waals surface area contributed by atoms with Gasteiger partial charge in [-0.2, -0.15) is 0 Å². The van der Waals surface area contributed by atoms with Gasteiger partial charge >= 0.3 is 0 Å². The fourth-order valence-electron chi connectivity index (χ4n) is 4.21. The van der Waals surface area contributed by atoms with Crippen molar-refractivity contribution in [1.29, 1.82) is 0 Å². The highest BCUT2D eigenvalue weighted by molar-refractivity contribution is 5.48. The van der Waals surface area contributed by atoms with Crippen LogP contribution in [0.25, 0.3) is 10.4 Å². The molecule has 2 N–H and O–H groups in total. The number of aromatic hydroxyl groups is 1. The highest BCUT2D eigenvalue weighted by atomic mass is 16.3. The summed E-state index contributed by atoms with van der Waals surface area (Å²) in [6, 6.07) is 3.65. The third-order valence-corrected chi connectivity index (χ3v) is 5.73. The van der Waals surface area contributed by atoms with E-state index >= 15 is 0 Å². The van der Waals surface area contributed by atoms with Gasteiger partial charge in [-0.05, 0) is 86.9 Å². The molecule has 1 aliphatic rings. The van der Waals surface area contributed by atoms with E-state index in [1.54, 1.807) is 13.8 Å². The van der Waals surface area contributed by atoms with Crippen LogP contribution < -0.4 is 0 Å². The highest BCUT2D eigenvalue weighted by Gasteiger charge is 2.32. The molecule has 0 saturated heterocycles. The van der Waals surface area contributed by atoms with Crippen molar-refractivity contribution in [2.45, 2.75) is 83.8 Å². The van der Waals surface area contributed by atoms with E-state index in [0.717, 1.165) is 30.4 Å². The first-order chi connectivity index (χ1) is 11.6. The van der Waals surface area contributed by atoms with Gasteiger partial charge in [0.15, 0.2) is 0 Å². The van der Waals surface area contributed by atoms with Crippen LogP contribution in [0.2, 0.25) is 0 Å². The first-order valence-electron chi connectivity index (χ1n) is 9.25. The van der Waals surface area contributed by atoms with Crippen LogP contribution in [0.3, 0.4) is 0 Å². The summed E-state index contributed by atoms with van der Waals surface area (Å²) in [7, 11) is 0. The van der Waals surface area contributed by atoms with Crippen molar-refractivity contribution >= 4 is 0 Å². The van der Waals surface area contributed by atoms with Crippen LogP contribution in [-0.4, -0.2) is 21.9 Å².